The lowest BCUT2D eigenvalue weighted by Crippen LogP contribution is -2.42. The van der Waals surface area contributed by atoms with Crippen LogP contribution in [0.5, 0.6) is 0 Å². The normalized spacial score (nSPS) is 20.2. The molecule has 0 aliphatic carbocycles. The van der Waals surface area contributed by atoms with Crippen molar-refractivity contribution in [3.63, 3.8) is 0 Å². The van der Waals surface area contributed by atoms with Gasteiger partial charge in [-0.25, -0.2) is 4.98 Å². The van der Waals surface area contributed by atoms with Crippen molar-refractivity contribution in [2.45, 2.75) is 24.9 Å². The van der Waals surface area contributed by atoms with E-state index in [-0.39, 0.29) is 5.54 Å². The van der Waals surface area contributed by atoms with Crippen LogP contribution < -0.4 is 5.73 Å². The van der Waals surface area contributed by atoms with Gasteiger partial charge in [-0.2, -0.15) is 0 Å². The fourth-order valence-electron chi connectivity index (χ4n) is 1.87. The number of thiazole rings is 1. The van der Waals surface area contributed by atoms with E-state index in [1.807, 2.05) is 14.1 Å². The van der Waals surface area contributed by atoms with E-state index < -0.39 is 0 Å². The Labute approximate surface area is 100 Å². The first kappa shape index (κ1) is 12.0. The summed E-state index contributed by atoms with van der Waals surface area (Å²) in [6.45, 7) is 2.38. The fraction of sp³-hybridized carbons (Fsp3) is 0.727. The predicted molar refractivity (Wildman–Crippen MR) is 65.4 cm³/mol. The Morgan fingerprint density at radius 2 is 2.19 bits per heavy atom. The smallest absolute Gasteiger partial charge is 0.107 e. The summed E-state index contributed by atoms with van der Waals surface area (Å²) in [6, 6.07) is 0. The number of hydrogen-bond donors (Lipinski definition) is 1. The molecular formula is C11H19N3OS. The van der Waals surface area contributed by atoms with Crippen molar-refractivity contribution in [2.24, 2.45) is 5.73 Å². The third-order valence-electron chi connectivity index (χ3n) is 2.90. The zero-order valence-corrected chi connectivity index (χ0v) is 10.7. The van der Waals surface area contributed by atoms with Gasteiger partial charge in [-0.05, 0) is 26.9 Å². The van der Waals surface area contributed by atoms with E-state index in [4.69, 9.17) is 10.5 Å². The zero-order chi connectivity index (χ0) is 11.6. The minimum absolute atomic E-state index is 0.265. The lowest BCUT2D eigenvalue weighted by Gasteiger charge is -2.31. The number of hydrogen-bond acceptors (Lipinski definition) is 5. The molecule has 4 nitrogen and oxygen atoms in total. The van der Waals surface area contributed by atoms with Gasteiger partial charge in [0.15, 0.2) is 0 Å². The van der Waals surface area contributed by atoms with Crippen LogP contribution in [0.4, 0.5) is 0 Å². The van der Waals surface area contributed by atoms with Crippen molar-refractivity contribution >= 4 is 11.3 Å². The molecular weight excluding hydrogens is 222 g/mol. The third kappa shape index (κ3) is 2.60. The van der Waals surface area contributed by atoms with Gasteiger partial charge in [0.25, 0.3) is 0 Å². The Morgan fingerprint density at radius 3 is 2.81 bits per heavy atom. The van der Waals surface area contributed by atoms with Crippen LogP contribution in [0.3, 0.4) is 0 Å². The van der Waals surface area contributed by atoms with Crippen molar-refractivity contribution in [2.75, 3.05) is 27.3 Å². The highest BCUT2D eigenvalue weighted by Gasteiger charge is 2.32. The maximum Gasteiger partial charge on any atom is 0.107 e. The average molecular weight is 241 g/mol. The Hall–Kier alpha value is -0.490. The number of ether oxygens (including phenoxy) is 1. The molecule has 1 aliphatic heterocycles. The summed E-state index contributed by atoms with van der Waals surface area (Å²) in [5.74, 6) is 0. The van der Waals surface area contributed by atoms with Crippen LogP contribution in [-0.2, 0) is 16.8 Å². The molecule has 1 aliphatic rings. The molecule has 0 atom stereocenters. The van der Waals surface area contributed by atoms with E-state index in [9.17, 15) is 0 Å². The summed E-state index contributed by atoms with van der Waals surface area (Å²) in [4.78, 5) is 6.76. The molecule has 2 rings (SSSR count). The maximum atomic E-state index is 6.38. The van der Waals surface area contributed by atoms with Crippen LogP contribution in [-0.4, -0.2) is 37.2 Å². The number of rotatable bonds is 3. The summed E-state index contributed by atoms with van der Waals surface area (Å²) in [7, 11) is 4.10. The molecule has 1 aromatic heterocycles. The molecule has 0 saturated carbocycles. The van der Waals surface area contributed by atoms with E-state index >= 15 is 0 Å². The van der Waals surface area contributed by atoms with Gasteiger partial charge in [0.2, 0.25) is 0 Å². The molecule has 1 fully saturated rings. The highest BCUT2D eigenvalue weighted by molar-refractivity contribution is 7.09. The molecule has 1 aromatic rings. The lowest BCUT2D eigenvalue weighted by atomic mass is 9.88. The quantitative estimate of drug-likeness (QED) is 0.863. The summed E-state index contributed by atoms with van der Waals surface area (Å²) < 4.78 is 5.35. The van der Waals surface area contributed by atoms with Gasteiger partial charge in [-0.15, -0.1) is 11.3 Å². The lowest BCUT2D eigenvalue weighted by molar-refractivity contribution is 0.0509. The monoisotopic (exact) mass is 241 g/mol. The van der Waals surface area contributed by atoms with Crippen molar-refractivity contribution in [3.8, 4) is 0 Å². The van der Waals surface area contributed by atoms with Crippen LogP contribution in [0.1, 0.15) is 23.5 Å². The molecule has 0 unspecified atom stereocenters. The summed E-state index contributed by atoms with van der Waals surface area (Å²) in [5.41, 5.74) is 7.15. The van der Waals surface area contributed by atoms with Crippen LogP contribution in [0.2, 0.25) is 0 Å². The number of nitrogens with zero attached hydrogens (tertiary/aromatic N) is 2. The topological polar surface area (TPSA) is 51.4 Å². The Kier molecular flexibility index (Phi) is 3.59. The molecule has 16 heavy (non-hydrogen) atoms. The predicted octanol–water partition coefficient (Wildman–Crippen LogP) is 1.17. The first-order valence-corrected chi connectivity index (χ1v) is 6.44. The van der Waals surface area contributed by atoms with Gasteiger partial charge in [0, 0.05) is 25.1 Å². The molecule has 0 bridgehead atoms. The van der Waals surface area contributed by atoms with Gasteiger partial charge in [-0.1, -0.05) is 0 Å². The van der Waals surface area contributed by atoms with Gasteiger partial charge < -0.3 is 15.4 Å². The van der Waals surface area contributed by atoms with E-state index in [2.05, 4.69) is 15.3 Å². The Balaban J connectivity index is 2.10. The molecule has 2 N–H and O–H groups in total. The second-order valence-corrected chi connectivity index (χ2v) is 5.58. The number of nitrogens with two attached hydrogens (primary N) is 1. The van der Waals surface area contributed by atoms with E-state index in [1.165, 1.54) is 0 Å². The van der Waals surface area contributed by atoms with Crippen molar-refractivity contribution in [1.29, 1.82) is 0 Å². The Bertz CT molecular complexity index is 345. The standard InChI is InChI=1S/C11H19N3OS/c1-14(2)7-10-13-9(8-16-10)11(12)3-5-15-6-4-11/h8H,3-7,12H2,1-2H3. The van der Waals surface area contributed by atoms with Gasteiger partial charge in [0.05, 0.1) is 11.2 Å². The first-order valence-electron chi connectivity index (χ1n) is 5.56. The maximum absolute atomic E-state index is 6.38. The molecule has 5 heteroatoms. The molecule has 90 valence electrons. The van der Waals surface area contributed by atoms with Crippen LogP contribution in [0.25, 0.3) is 0 Å². The molecule has 0 amide bonds. The summed E-state index contributed by atoms with van der Waals surface area (Å²) in [6.07, 6.45) is 1.75. The SMILES string of the molecule is CN(C)Cc1nc(C2(N)CCOCC2)cs1. The fourth-order valence-corrected chi connectivity index (χ4v) is 2.89. The van der Waals surface area contributed by atoms with Crippen molar-refractivity contribution in [3.05, 3.63) is 16.1 Å². The van der Waals surface area contributed by atoms with E-state index in [1.54, 1.807) is 11.3 Å². The van der Waals surface area contributed by atoms with Crippen molar-refractivity contribution < 1.29 is 4.74 Å². The van der Waals surface area contributed by atoms with Crippen molar-refractivity contribution in [1.82, 2.24) is 9.88 Å². The minimum atomic E-state index is -0.265. The average Bonchev–Trinajstić information content (AvgIpc) is 2.67. The van der Waals surface area contributed by atoms with Gasteiger partial charge in [0.1, 0.15) is 5.01 Å². The molecule has 1 saturated heterocycles. The number of aromatic nitrogens is 1. The highest BCUT2D eigenvalue weighted by Crippen LogP contribution is 2.30. The largest absolute Gasteiger partial charge is 0.381 e. The molecule has 0 radical (unpaired) electrons. The zero-order valence-electron chi connectivity index (χ0n) is 9.90. The molecule has 0 aromatic carbocycles. The van der Waals surface area contributed by atoms with Gasteiger partial charge in [-0.3, -0.25) is 0 Å². The van der Waals surface area contributed by atoms with Crippen LogP contribution >= 0.6 is 11.3 Å². The molecule has 0 spiro atoms. The summed E-state index contributed by atoms with van der Waals surface area (Å²) in [5, 5.41) is 3.24. The van der Waals surface area contributed by atoms with E-state index in [0.717, 1.165) is 43.3 Å². The first-order chi connectivity index (χ1) is 7.60. The van der Waals surface area contributed by atoms with Crippen LogP contribution in [0, 0.1) is 0 Å². The Morgan fingerprint density at radius 1 is 1.50 bits per heavy atom. The third-order valence-corrected chi connectivity index (χ3v) is 3.73. The van der Waals surface area contributed by atoms with Gasteiger partial charge >= 0.3 is 0 Å². The second-order valence-electron chi connectivity index (χ2n) is 4.63. The highest BCUT2D eigenvalue weighted by atomic mass is 32.1. The molecule has 2 heterocycles. The minimum Gasteiger partial charge on any atom is -0.381 e. The van der Waals surface area contributed by atoms with E-state index in [0.29, 0.717) is 0 Å². The second kappa shape index (κ2) is 4.79. The van der Waals surface area contributed by atoms with Crippen LogP contribution in [0.15, 0.2) is 5.38 Å². The summed E-state index contributed by atoms with van der Waals surface area (Å²) >= 11 is 1.70.